The van der Waals surface area contributed by atoms with Crippen molar-refractivity contribution in [3.05, 3.63) is 65.2 Å². The number of alkyl halides is 3. The molecule has 2 amide bonds. The summed E-state index contributed by atoms with van der Waals surface area (Å²) in [6, 6.07) is 11.1. The molecule has 0 aromatic heterocycles. The Hall–Kier alpha value is -3.47. The van der Waals surface area contributed by atoms with Crippen LogP contribution >= 0.6 is 0 Å². The van der Waals surface area contributed by atoms with Gasteiger partial charge in [-0.3, -0.25) is 9.59 Å². The topological polar surface area (TPSA) is 67.4 Å². The van der Waals surface area contributed by atoms with Crippen molar-refractivity contribution in [1.82, 2.24) is 10.6 Å². The molecule has 0 atom stereocenters. The summed E-state index contributed by atoms with van der Waals surface area (Å²) < 4.78 is 43.2. The monoisotopic (exact) mass is 404 g/mol. The molecule has 29 heavy (non-hydrogen) atoms. The van der Waals surface area contributed by atoms with Crippen molar-refractivity contribution < 1.29 is 27.5 Å². The van der Waals surface area contributed by atoms with Crippen LogP contribution in [0, 0.1) is 11.8 Å². The zero-order chi connectivity index (χ0) is 21.3. The molecule has 2 aromatic rings. The molecular formula is C21H19F3N2O3. The number of nitrogens with one attached hydrogen (secondary N) is 2. The van der Waals surface area contributed by atoms with E-state index in [1.807, 2.05) is 6.92 Å². The molecule has 152 valence electrons. The zero-order valence-electron chi connectivity index (χ0n) is 15.6. The molecule has 0 aliphatic carbocycles. The van der Waals surface area contributed by atoms with E-state index in [2.05, 4.69) is 22.5 Å². The van der Waals surface area contributed by atoms with Crippen LogP contribution in [0.4, 0.5) is 13.2 Å². The maximum absolute atomic E-state index is 12.6. The molecule has 0 aliphatic rings. The maximum atomic E-state index is 12.6. The van der Waals surface area contributed by atoms with Crippen molar-refractivity contribution in [2.24, 2.45) is 0 Å². The second-order valence-corrected chi connectivity index (χ2v) is 5.80. The van der Waals surface area contributed by atoms with E-state index in [1.165, 1.54) is 12.1 Å². The second-order valence-electron chi connectivity index (χ2n) is 5.80. The van der Waals surface area contributed by atoms with Gasteiger partial charge in [0.25, 0.3) is 5.91 Å². The third kappa shape index (κ3) is 7.22. The summed E-state index contributed by atoms with van der Waals surface area (Å²) >= 11 is 0. The fourth-order valence-corrected chi connectivity index (χ4v) is 2.26. The third-order valence-corrected chi connectivity index (χ3v) is 3.63. The van der Waals surface area contributed by atoms with Gasteiger partial charge in [0.15, 0.2) is 0 Å². The van der Waals surface area contributed by atoms with Crippen LogP contribution in [0.3, 0.4) is 0 Å². The Bertz CT molecular complexity index is 913. The molecule has 0 heterocycles. The van der Waals surface area contributed by atoms with Gasteiger partial charge >= 0.3 is 6.18 Å². The fourth-order valence-electron chi connectivity index (χ4n) is 2.26. The van der Waals surface area contributed by atoms with E-state index in [9.17, 15) is 22.8 Å². The number of amides is 2. The SMILES string of the molecule is CCOc1ccc(C(=O)NCC(=O)NCC#Cc2cccc(C(F)(F)F)c2)cc1. The lowest BCUT2D eigenvalue weighted by molar-refractivity contribution is -0.137. The first-order chi connectivity index (χ1) is 13.8. The number of hydrogen-bond donors (Lipinski definition) is 2. The second kappa shape index (κ2) is 10.2. The van der Waals surface area contributed by atoms with Crippen molar-refractivity contribution in [1.29, 1.82) is 0 Å². The number of rotatable bonds is 6. The highest BCUT2D eigenvalue weighted by Crippen LogP contribution is 2.29. The van der Waals surface area contributed by atoms with Gasteiger partial charge in [0.1, 0.15) is 5.75 Å². The van der Waals surface area contributed by atoms with Gasteiger partial charge in [-0.05, 0) is 49.4 Å². The molecule has 0 radical (unpaired) electrons. The van der Waals surface area contributed by atoms with Crippen LogP contribution < -0.4 is 15.4 Å². The van der Waals surface area contributed by atoms with Gasteiger partial charge in [0.05, 0.1) is 25.3 Å². The number of hydrogen-bond acceptors (Lipinski definition) is 3. The molecular weight excluding hydrogens is 385 g/mol. The number of halogens is 3. The van der Waals surface area contributed by atoms with E-state index in [-0.39, 0.29) is 18.7 Å². The maximum Gasteiger partial charge on any atom is 0.416 e. The van der Waals surface area contributed by atoms with E-state index in [0.717, 1.165) is 12.1 Å². The van der Waals surface area contributed by atoms with E-state index in [4.69, 9.17) is 4.74 Å². The lowest BCUT2D eigenvalue weighted by atomic mass is 10.1. The van der Waals surface area contributed by atoms with Gasteiger partial charge in [-0.15, -0.1) is 0 Å². The van der Waals surface area contributed by atoms with Crippen LogP contribution in [0.25, 0.3) is 0 Å². The van der Waals surface area contributed by atoms with E-state index >= 15 is 0 Å². The quantitative estimate of drug-likeness (QED) is 0.728. The molecule has 0 saturated heterocycles. The highest BCUT2D eigenvalue weighted by molar-refractivity contribution is 5.96. The molecule has 0 bridgehead atoms. The average molecular weight is 404 g/mol. The third-order valence-electron chi connectivity index (χ3n) is 3.63. The standard InChI is InChI=1S/C21H19F3N2O3/c1-2-29-18-10-8-16(9-11-18)20(28)26-14-19(27)25-12-4-6-15-5-3-7-17(13-15)21(22,23)24/h3,5,7-11,13H,2,12,14H2,1H3,(H,25,27)(H,26,28). The number of carbonyl (C=O) groups excluding carboxylic acids is 2. The Labute approximate surface area is 166 Å². The minimum Gasteiger partial charge on any atom is -0.494 e. The number of carbonyl (C=O) groups is 2. The number of benzene rings is 2. The lowest BCUT2D eigenvalue weighted by Gasteiger charge is -2.07. The summed E-state index contributed by atoms with van der Waals surface area (Å²) in [6.45, 7) is 2.05. The normalized spacial score (nSPS) is 10.5. The summed E-state index contributed by atoms with van der Waals surface area (Å²) in [5.41, 5.74) is -0.214. The molecule has 0 spiro atoms. The first-order valence-corrected chi connectivity index (χ1v) is 8.73. The molecule has 0 aliphatic heterocycles. The minimum absolute atomic E-state index is 0.0615. The predicted molar refractivity (Wildman–Crippen MR) is 101 cm³/mol. The van der Waals surface area contributed by atoms with Crippen LogP contribution in [-0.2, 0) is 11.0 Å². The Morgan fingerprint density at radius 3 is 2.45 bits per heavy atom. The van der Waals surface area contributed by atoms with Gasteiger partial charge in [-0.2, -0.15) is 13.2 Å². The van der Waals surface area contributed by atoms with Crippen LogP contribution in [-0.4, -0.2) is 31.5 Å². The van der Waals surface area contributed by atoms with Crippen molar-refractivity contribution in [2.75, 3.05) is 19.7 Å². The molecule has 2 N–H and O–H groups in total. The first kappa shape index (κ1) is 21.8. The lowest BCUT2D eigenvalue weighted by Crippen LogP contribution is -2.37. The van der Waals surface area contributed by atoms with Crippen LogP contribution in [0.2, 0.25) is 0 Å². The van der Waals surface area contributed by atoms with Crippen LogP contribution in [0.15, 0.2) is 48.5 Å². The Morgan fingerprint density at radius 1 is 1.07 bits per heavy atom. The summed E-state index contributed by atoms with van der Waals surface area (Å²) in [6.07, 6.45) is -4.44. The van der Waals surface area contributed by atoms with Gasteiger partial charge < -0.3 is 15.4 Å². The summed E-state index contributed by atoms with van der Waals surface area (Å²) in [5.74, 6) is 4.88. The number of ether oxygens (including phenoxy) is 1. The highest BCUT2D eigenvalue weighted by Gasteiger charge is 2.30. The highest BCUT2D eigenvalue weighted by atomic mass is 19.4. The van der Waals surface area contributed by atoms with Crippen LogP contribution in [0.1, 0.15) is 28.4 Å². The molecule has 2 rings (SSSR count). The average Bonchev–Trinajstić information content (AvgIpc) is 2.70. The van der Waals surface area contributed by atoms with Crippen LogP contribution in [0.5, 0.6) is 5.75 Å². The fraction of sp³-hybridized carbons (Fsp3) is 0.238. The first-order valence-electron chi connectivity index (χ1n) is 8.73. The summed E-state index contributed by atoms with van der Waals surface area (Å²) in [4.78, 5) is 23.7. The Kier molecular flexibility index (Phi) is 7.66. The van der Waals surface area contributed by atoms with Gasteiger partial charge in [-0.25, -0.2) is 0 Å². The molecule has 5 nitrogen and oxygen atoms in total. The molecule has 0 saturated carbocycles. The van der Waals surface area contributed by atoms with Crippen molar-refractivity contribution >= 4 is 11.8 Å². The smallest absolute Gasteiger partial charge is 0.416 e. The Balaban J connectivity index is 1.78. The largest absolute Gasteiger partial charge is 0.494 e. The molecule has 0 unspecified atom stereocenters. The van der Waals surface area contributed by atoms with E-state index < -0.39 is 23.6 Å². The van der Waals surface area contributed by atoms with E-state index in [0.29, 0.717) is 17.9 Å². The zero-order valence-corrected chi connectivity index (χ0v) is 15.6. The van der Waals surface area contributed by atoms with Gasteiger partial charge in [0, 0.05) is 11.1 Å². The van der Waals surface area contributed by atoms with Gasteiger partial charge in [0.2, 0.25) is 5.91 Å². The van der Waals surface area contributed by atoms with E-state index in [1.54, 1.807) is 24.3 Å². The molecule has 8 heteroatoms. The van der Waals surface area contributed by atoms with Crippen molar-refractivity contribution in [3.8, 4) is 17.6 Å². The summed E-state index contributed by atoms with van der Waals surface area (Å²) in [7, 11) is 0. The predicted octanol–water partition coefficient (Wildman–Crippen LogP) is 3.00. The van der Waals surface area contributed by atoms with Crippen molar-refractivity contribution in [2.45, 2.75) is 13.1 Å². The van der Waals surface area contributed by atoms with Crippen molar-refractivity contribution in [3.63, 3.8) is 0 Å². The summed E-state index contributed by atoms with van der Waals surface area (Å²) in [5, 5.41) is 4.93. The minimum atomic E-state index is -4.44. The molecule has 2 aromatic carbocycles. The van der Waals surface area contributed by atoms with Gasteiger partial charge in [-0.1, -0.05) is 17.9 Å². The Morgan fingerprint density at radius 2 is 1.79 bits per heavy atom. The molecule has 0 fully saturated rings.